The van der Waals surface area contributed by atoms with Gasteiger partial charge in [0.15, 0.2) is 0 Å². The van der Waals surface area contributed by atoms with Crippen molar-refractivity contribution < 1.29 is 5.11 Å². The first-order valence-corrected chi connectivity index (χ1v) is 7.91. The molecule has 0 saturated carbocycles. The number of fused-ring (bicyclic) bond motifs is 1. The molecule has 2 aromatic carbocycles. The van der Waals surface area contributed by atoms with E-state index in [4.69, 9.17) is 0 Å². The largest absolute Gasteiger partial charge is 0.380 e. The first-order valence-electron chi connectivity index (χ1n) is 7.91. The zero-order valence-corrected chi connectivity index (χ0v) is 14.1. The van der Waals surface area contributed by atoms with Crippen LogP contribution in [0.4, 0.5) is 5.69 Å². The minimum absolute atomic E-state index is 0.230. The molecule has 1 heterocycles. The minimum Gasteiger partial charge on any atom is -0.380 e. The Morgan fingerprint density at radius 3 is 2.26 bits per heavy atom. The van der Waals surface area contributed by atoms with E-state index < -0.39 is 6.10 Å². The lowest BCUT2D eigenvalue weighted by atomic mass is 10.1. The molecule has 3 aromatic rings. The number of imidazole rings is 1. The minimum atomic E-state index is -0.735. The van der Waals surface area contributed by atoms with E-state index in [-0.39, 0.29) is 6.04 Å². The van der Waals surface area contributed by atoms with Crippen LogP contribution in [-0.4, -0.2) is 28.8 Å². The van der Waals surface area contributed by atoms with Gasteiger partial charge in [-0.25, -0.2) is 4.98 Å². The van der Waals surface area contributed by atoms with E-state index in [1.165, 1.54) is 0 Å². The second-order valence-corrected chi connectivity index (χ2v) is 6.31. The van der Waals surface area contributed by atoms with Crippen molar-refractivity contribution in [2.24, 2.45) is 0 Å². The third-order valence-corrected chi connectivity index (χ3v) is 4.11. The summed E-state index contributed by atoms with van der Waals surface area (Å²) in [5.41, 5.74) is 3.94. The van der Waals surface area contributed by atoms with Crippen molar-refractivity contribution >= 4 is 16.7 Å². The Kier molecular flexibility index (Phi) is 4.09. The standard InChI is InChI=1S/C19H23N3O/c1-13(2)22-17-8-6-5-7-16(17)20-19(22)18(23)14-9-11-15(12-10-14)21(3)4/h5-13,18,23H,1-4H3/t18-/m1/s1. The molecule has 3 rings (SSSR count). The normalized spacial score (nSPS) is 12.8. The predicted molar refractivity (Wildman–Crippen MR) is 94.9 cm³/mol. The summed E-state index contributed by atoms with van der Waals surface area (Å²) < 4.78 is 2.11. The van der Waals surface area contributed by atoms with Gasteiger partial charge in [-0.3, -0.25) is 0 Å². The number of para-hydroxylation sites is 2. The van der Waals surface area contributed by atoms with E-state index in [0.29, 0.717) is 5.82 Å². The third-order valence-electron chi connectivity index (χ3n) is 4.11. The van der Waals surface area contributed by atoms with Crippen LogP contribution in [-0.2, 0) is 0 Å². The van der Waals surface area contributed by atoms with Crippen molar-refractivity contribution in [2.75, 3.05) is 19.0 Å². The number of rotatable bonds is 4. The van der Waals surface area contributed by atoms with Gasteiger partial charge in [0.05, 0.1) is 11.0 Å². The smallest absolute Gasteiger partial charge is 0.143 e. The molecule has 0 aliphatic rings. The first kappa shape index (κ1) is 15.6. The van der Waals surface area contributed by atoms with E-state index in [1.807, 2.05) is 67.5 Å². The van der Waals surface area contributed by atoms with Crippen molar-refractivity contribution in [1.29, 1.82) is 0 Å². The molecule has 1 aromatic heterocycles. The van der Waals surface area contributed by atoms with Gasteiger partial charge in [-0.1, -0.05) is 24.3 Å². The van der Waals surface area contributed by atoms with E-state index in [9.17, 15) is 5.11 Å². The number of aliphatic hydroxyl groups is 1. The third kappa shape index (κ3) is 2.82. The van der Waals surface area contributed by atoms with Crippen molar-refractivity contribution in [1.82, 2.24) is 9.55 Å². The second-order valence-electron chi connectivity index (χ2n) is 6.31. The van der Waals surface area contributed by atoms with Crippen LogP contribution in [0.15, 0.2) is 48.5 Å². The molecule has 0 aliphatic heterocycles. The fourth-order valence-electron chi connectivity index (χ4n) is 2.90. The van der Waals surface area contributed by atoms with Crippen LogP contribution in [0.3, 0.4) is 0 Å². The predicted octanol–water partition coefficient (Wildman–Crippen LogP) is 3.76. The number of anilines is 1. The summed E-state index contributed by atoms with van der Waals surface area (Å²) in [7, 11) is 4.01. The maximum atomic E-state index is 10.9. The van der Waals surface area contributed by atoms with Crippen LogP contribution in [0, 0.1) is 0 Å². The van der Waals surface area contributed by atoms with Gasteiger partial charge in [-0.05, 0) is 43.7 Å². The van der Waals surface area contributed by atoms with Crippen LogP contribution in [0.1, 0.15) is 37.4 Å². The first-order chi connectivity index (χ1) is 11.0. The second kappa shape index (κ2) is 6.05. The Morgan fingerprint density at radius 1 is 1.00 bits per heavy atom. The van der Waals surface area contributed by atoms with E-state index in [0.717, 1.165) is 22.3 Å². The number of aliphatic hydroxyl groups excluding tert-OH is 1. The Morgan fingerprint density at radius 2 is 1.65 bits per heavy atom. The van der Waals surface area contributed by atoms with Gasteiger partial charge < -0.3 is 14.6 Å². The molecule has 1 atom stereocenters. The van der Waals surface area contributed by atoms with Gasteiger partial charge in [0, 0.05) is 25.8 Å². The van der Waals surface area contributed by atoms with E-state index >= 15 is 0 Å². The van der Waals surface area contributed by atoms with Crippen LogP contribution >= 0.6 is 0 Å². The summed E-state index contributed by atoms with van der Waals surface area (Å²) >= 11 is 0. The Hall–Kier alpha value is -2.33. The highest BCUT2D eigenvalue weighted by molar-refractivity contribution is 5.76. The summed E-state index contributed by atoms with van der Waals surface area (Å²) in [5.74, 6) is 0.693. The molecule has 0 unspecified atom stereocenters. The van der Waals surface area contributed by atoms with Crippen LogP contribution in [0.5, 0.6) is 0 Å². The quantitative estimate of drug-likeness (QED) is 0.797. The van der Waals surface area contributed by atoms with Gasteiger partial charge in [0.2, 0.25) is 0 Å². The lowest BCUT2D eigenvalue weighted by Gasteiger charge is -2.18. The average molecular weight is 309 g/mol. The molecule has 0 radical (unpaired) electrons. The zero-order valence-electron chi connectivity index (χ0n) is 14.1. The fraction of sp³-hybridized carbons (Fsp3) is 0.316. The summed E-state index contributed by atoms with van der Waals surface area (Å²) in [6, 6.07) is 16.2. The number of nitrogens with zero attached hydrogens (tertiary/aromatic N) is 3. The number of hydrogen-bond acceptors (Lipinski definition) is 3. The molecular weight excluding hydrogens is 286 g/mol. The van der Waals surface area contributed by atoms with Gasteiger partial charge in [0.25, 0.3) is 0 Å². The molecule has 0 bridgehead atoms. The van der Waals surface area contributed by atoms with Gasteiger partial charge in [-0.15, -0.1) is 0 Å². The molecule has 4 heteroatoms. The molecule has 1 N–H and O–H groups in total. The highest BCUT2D eigenvalue weighted by Crippen LogP contribution is 2.29. The van der Waals surface area contributed by atoms with Crippen LogP contribution < -0.4 is 4.90 Å². The fourth-order valence-corrected chi connectivity index (χ4v) is 2.90. The number of hydrogen-bond donors (Lipinski definition) is 1. The van der Waals surface area contributed by atoms with Crippen molar-refractivity contribution in [2.45, 2.75) is 26.0 Å². The van der Waals surface area contributed by atoms with Gasteiger partial charge >= 0.3 is 0 Å². The SMILES string of the molecule is CC(C)n1c([C@H](O)c2ccc(N(C)C)cc2)nc2ccccc21. The summed E-state index contributed by atoms with van der Waals surface area (Å²) in [6.07, 6.45) is -0.735. The monoisotopic (exact) mass is 309 g/mol. The highest BCUT2D eigenvalue weighted by Gasteiger charge is 2.21. The molecule has 120 valence electrons. The summed E-state index contributed by atoms with van der Waals surface area (Å²) in [5, 5.41) is 10.9. The molecular formula is C19H23N3O. The topological polar surface area (TPSA) is 41.3 Å². The zero-order chi connectivity index (χ0) is 16.6. The molecule has 0 saturated heterocycles. The van der Waals surface area contributed by atoms with Crippen molar-refractivity contribution in [3.8, 4) is 0 Å². The van der Waals surface area contributed by atoms with E-state index in [2.05, 4.69) is 23.4 Å². The van der Waals surface area contributed by atoms with Crippen molar-refractivity contribution in [3.63, 3.8) is 0 Å². The molecule has 0 aliphatic carbocycles. The Bertz CT molecular complexity index is 803. The molecule has 0 amide bonds. The molecule has 4 nitrogen and oxygen atoms in total. The maximum Gasteiger partial charge on any atom is 0.143 e. The lowest BCUT2D eigenvalue weighted by Crippen LogP contribution is -2.12. The maximum absolute atomic E-state index is 10.9. The lowest BCUT2D eigenvalue weighted by molar-refractivity contribution is 0.203. The Balaban J connectivity index is 2.06. The highest BCUT2D eigenvalue weighted by atomic mass is 16.3. The Labute approximate surface area is 137 Å². The molecule has 23 heavy (non-hydrogen) atoms. The van der Waals surface area contributed by atoms with Crippen LogP contribution in [0.25, 0.3) is 11.0 Å². The molecule has 0 fully saturated rings. The average Bonchev–Trinajstić information content (AvgIpc) is 2.93. The number of benzene rings is 2. The van der Waals surface area contributed by atoms with Gasteiger partial charge in [0.1, 0.15) is 11.9 Å². The van der Waals surface area contributed by atoms with Crippen LogP contribution in [0.2, 0.25) is 0 Å². The van der Waals surface area contributed by atoms with Gasteiger partial charge in [-0.2, -0.15) is 0 Å². The van der Waals surface area contributed by atoms with E-state index in [1.54, 1.807) is 0 Å². The summed E-state index contributed by atoms with van der Waals surface area (Å²) in [6.45, 7) is 4.22. The summed E-state index contributed by atoms with van der Waals surface area (Å²) in [4.78, 5) is 6.71. The number of aromatic nitrogens is 2. The molecule has 0 spiro atoms. The van der Waals surface area contributed by atoms with Crippen molar-refractivity contribution in [3.05, 3.63) is 59.9 Å².